The lowest BCUT2D eigenvalue weighted by molar-refractivity contribution is -0.387. The van der Waals surface area contributed by atoms with Crippen LogP contribution in [0.5, 0.6) is 0 Å². The van der Waals surface area contributed by atoms with Gasteiger partial charge in [0.15, 0.2) is 6.10 Å². The number of anilines is 1. The van der Waals surface area contributed by atoms with E-state index < -0.39 is 34.4 Å². The Morgan fingerprint density at radius 2 is 2.03 bits per heavy atom. The Morgan fingerprint density at radius 3 is 2.68 bits per heavy atom. The summed E-state index contributed by atoms with van der Waals surface area (Å²) in [6, 6.07) is 8.20. The third-order valence-corrected chi connectivity index (χ3v) is 4.75. The van der Waals surface area contributed by atoms with E-state index in [0.717, 1.165) is 23.6 Å². The number of aromatic nitrogens is 1. The van der Waals surface area contributed by atoms with Crippen LogP contribution in [-0.2, 0) is 16.1 Å². The minimum atomic E-state index is -1.19. The van der Waals surface area contributed by atoms with E-state index in [4.69, 9.17) is 9.15 Å². The molecular weight excluding hydrogens is 409 g/mol. The largest absolute Gasteiger partial charge is 0.467 e. The summed E-state index contributed by atoms with van der Waals surface area (Å²) < 4.78 is 25.9. The molecule has 0 aliphatic heterocycles. The Kier molecular flexibility index (Phi) is 6.19. The van der Waals surface area contributed by atoms with E-state index in [1.807, 2.05) is 17.6 Å². The fraction of sp³-hybridized carbons (Fsp3) is 0.238. The number of aryl methyl sites for hydroxylation is 1. The molecule has 1 N–H and O–H groups in total. The summed E-state index contributed by atoms with van der Waals surface area (Å²) in [4.78, 5) is 34.9. The molecule has 0 fully saturated rings. The molecule has 0 saturated carbocycles. The van der Waals surface area contributed by atoms with Gasteiger partial charge in [0.05, 0.1) is 23.3 Å². The number of rotatable bonds is 7. The summed E-state index contributed by atoms with van der Waals surface area (Å²) >= 11 is 0. The SMILES string of the molecule is Cc1cc(C(=O)OC(C)C(=O)Nc2ccc(F)c([N+](=O)[O-])c2)c(C)n1Cc1ccco1. The number of halogens is 1. The summed E-state index contributed by atoms with van der Waals surface area (Å²) in [5.74, 6) is -1.69. The molecule has 9 nitrogen and oxygen atoms in total. The van der Waals surface area contributed by atoms with E-state index in [-0.39, 0.29) is 5.69 Å². The van der Waals surface area contributed by atoms with Crippen LogP contribution in [0.2, 0.25) is 0 Å². The van der Waals surface area contributed by atoms with E-state index in [9.17, 15) is 24.1 Å². The van der Waals surface area contributed by atoms with Crippen LogP contribution in [0.4, 0.5) is 15.8 Å². The van der Waals surface area contributed by atoms with Gasteiger partial charge in [0.2, 0.25) is 5.82 Å². The predicted octanol–water partition coefficient (Wildman–Crippen LogP) is 3.98. The molecule has 31 heavy (non-hydrogen) atoms. The smallest absolute Gasteiger partial charge is 0.340 e. The lowest BCUT2D eigenvalue weighted by atomic mass is 10.2. The Balaban J connectivity index is 1.68. The van der Waals surface area contributed by atoms with Crippen molar-refractivity contribution in [2.24, 2.45) is 0 Å². The van der Waals surface area contributed by atoms with Crippen LogP contribution in [0.15, 0.2) is 47.1 Å². The molecule has 0 bridgehead atoms. The van der Waals surface area contributed by atoms with Gasteiger partial charge in [-0.25, -0.2) is 4.79 Å². The maximum Gasteiger partial charge on any atom is 0.340 e. The number of nitro benzene ring substituents is 1. The monoisotopic (exact) mass is 429 g/mol. The Hall–Kier alpha value is -3.95. The quantitative estimate of drug-likeness (QED) is 0.345. The minimum absolute atomic E-state index is 0.0117. The van der Waals surface area contributed by atoms with Gasteiger partial charge in [-0.05, 0) is 51.1 Å². The van der Waals surface area contributed by atoms with Crippen LogP contribution in [0.25, 0.3) is 0 Å². The number of furan rings is 1. The number of carbonyl (C=O) groups is 2. The molecule has 2 heterocycles. The van der Waals surface area contributed by atoms with E-state index in [2.05, 4.69) is 5.32 Å². The van der Waals surface area contributed by atoms with Crippen LogP contribution in [-0.4, -0.2) is 27.5 Å². The summed E-state index contributed by atoms with van der Waals surface area (Å²) in [5, 5.41) is 13.2. The molecule has 1 aromatic carbocycles. The second-order valence-electron chi connectivity index (χ2n) is 6.91. The second-order valence-corrected chi connectivity index (χ2v) is 6.91. The lowest BCUT2D eigenvalue weighted by Crippen LogP contribution is -2.30. The third kappa shape index (κ3) is 4.80. The van der Waals surface area contributed by atoms with Crippen molar-refractivity contribution in [3.63, 3.8) is 0 Å². The first kappa shape index (κ1) is 21.8. The first-order chi connectivity index (χ1) is 14.7. The third-order valence-electron chi connectivity index (χ3n) is 4.75. The van der Waals surface area contributed by atoms with Gasteiger partial charge in [-0.2, -0.15) is 4.39 Å². The maximum absolute atomic E-state index is 13.4. The number of esters is 1. The van der Waals surface area contributed by atoms with Crippen LogP contribution < -0.4 is 5.32 Å². The van der Waals surface area contributed by atoms with Gasteiger partial charge in [0, 0.05) is 23.1 Å². The van der Waals surface area contributed by atoms with Crippen molar-refractivity contribution in [1.82, 2.24) is 4.57 Å². The molecule has 0 saturated heterocycles. The van der Waals surface area contributed by atoms with E-state index >= 15 is 0 Å². The zero-order valence-corrected chi connectivity index (χ0v) is 17.0. The highest BCUT2D eigenvalue weighted by molar-refractivity contribution is 5.98. The van der Waals surface area contributed by atoms with Crippen molar-refractivity contribution in [2.45, 2.75) is 33.4 Å². The summed E-state index contributed by atoms with van der Waals surface area (Å²) in [7, 11) is 0. The Labute approximate surface area is 176 Å². The molecule has 10 heteroatoms. The van der Waals surface area contributed by atoms with E-state index in [1.54, 1.807) is 25.3 Å². The average Bonchev–Trinajstić information content (AvgIpc) is 3.32. The molecule has 1 unspecified atom stereocenters. The van der Waals surface area contributed by atoms with Gasteiger partial charge < -0.3 is 19.0 Å². The van der Waals surface area contributed by atoms with Crippen molar-refractivity contribution in [1.29, 1.82) is 0 Å². The number of nitrogens with zero attached hydrogens (tertiary/aromatic N) is 2. The number of nitro groups is 1. The number of nitrogens with one attached hydrogen (secondary N) is 1. The number of ether oxygens (including phenoxy) is 1. The summed E-state index contributed by atoms with van der Waals surface area (Å²) in [6.45, 7) is 5.41. The number of benzene rings is 1. The first-order valence-corrected chi connectivity index (χ1v) is 9.32. The van der Waals surface area contributed by atoms with Crippen LogP contribution >= 0.6 is 0 Å². The molecule has 0 aliphatic carbocycles. The zero-order valence-electron chi connectivity index (χ0n) is 17.0. The maximum atomic E-state index is 13.4. The molecule has 0 aliphatic rings. The molecule has 0 radical (unpaired) electrons. The molecule has 1 amide bonds. The van der Waals surface area contributed by atoms with E-state index in [1.165, 1.54) is 13.0 Å². The highest BCUT2D eigenvalue weighted by Gasteiger charge is 2.24. The van der Waals surface area contributed by atoms with Gasteiger partial charge in [0.25, 0.3) is 5.91 Å². The van der Waals surface area contributed by atoms with Gasteiger partial charge in [-0.1, -0.05) is 0 Å². The Morgan fingerprint density at radius 1 is 1.29 bits per heavy atom. The van der Waals surface area contributed by atoms with Crippen LogP contribution in [0, 0.1) is 29.8 Å². The number of amides is 1. The zero-order chi connectivity index (χ0) is 22.7. The molecule has 3 rings (SSSR count). The number of hydrogen-bond acceptors (Lipinski definition) is 6. The first-order valence-electron chi connectivity index (χ1n) is 9.32. The molecule has 1 atom stereocenters. The summed E-state index contributed by atoms with van der Waals surface area (Å²) in [6.07, 6.45) is 0.374. The van der Waals surface area contributed by atoms with Gasteiger partial charge in [0.1, 0.15) is 5.76 Å². The van der Waals surface area contributed by atoms with Gasteiger partial charge in [-0.15, -0.1) is 0 Å². The molecular formula is C21H20FN3O6. The van der Waals surface area contributed by atoms with Crippen molar-refractivity contribution < 1.29 is 28.1 Å². The van der Waals surface area contributed by atoms with Gasteiger partial charge >= 0.3 is 11.7 Å². The Bertz CT molecular complexity index is 1140. The van der Waals surface area contributed by atoms with Crippen LogP contribution in [0.1, 0.15) is 34.4 Å². The molecule has 162 valence electrons. The lowest BCUT2D eigenvalue weighted by Gasteiger charge is -2.14. The molecule has 2 aromatic heterocycles. The van der Waals surface area contributed by atoms with Crippen molar-refractivity contribution in [3.05, 3.63) is 81.3 Å². The molecule has 3 aromatic rings. The fourth-order valence-electron chi connectivity index (χ4n) is 3.06. The molecule has 0 spiro atoms. The number of hydrogen-bond donors (Lipinski definition) is 1. The van der Waals surface area contributed by atoms with Gasteiger partial charge in [-0.3, -0.25) is 14.9 Å². The minimum Gasteiger partial charge on any atom is -0.467 e. The topological polar surface area (TPSA) is 117 Å². The summed E-state index contributed by atoms with van der Waals surface area (Å²) in [5.41, 5.74) is 1.02. The standard InChI is InChI=1S/C21H20FN3O6/c1-12-9-17(13(2)24(12)11-16-5-4-8-30-16)21(27)31-14(3)20(26)23-15-6-7-18(22)19(10-15)25(28)29/h4-10,14H,11H2,1-3H3,(H,23,26). The highest BCUT2D eigenvalue weighted by atomic mass is 19.1. The highest BCUT2D eigenvalue weighted by Crippen LogP contribution is 2.22. The normalized spacial score (nSPS) is 11.7. The van der Waals surface area contributed by atoms with Crippen molar-refractivity contribution in [2.75, 3.05) is 5.32 Å². The van der Waals surface area contributed by atoms with Crippen molar-refractivity contribution in [3.8, 4) is 0 Å². The second kappa shape index (κ2) is 8.82. The van der Waals surface area contributed by atoms with Crippen molar-refractivity contribution >= 4 is 23.3 Å². The average molecular weight is 429 g/mol. The number of carbonyl (C=O) groups excluding carboxylic acids is 2. The van der Waals surface area contributed by atoms with E-state index in [0.29, 0.717) is 17.8 Å². The fourth-order valence-corrected chi connectivity index (χ4v) is 3.06. The van der Waals surface area contributed by atoms with Crippen LogP contribution in [0.3, 0.4) is 0 Å². The predicted molar refractivity (Wildman–Crippen MR) is 108 cm³/mol.